The van der Waals surface area contributed by atoms with E-state index < -0.39 is 11.0 Å². The van der Waals surface area contributed by atoms with E-state index in [9.17, 15) is 19.7 Å². The van der Waals surface area contributed by atoms with Crippen molar-refractivity contribution in [1.29, 1.82) is 0 Å². The fraction of sp³-hybridized carbons (Fsp3) is 0.263. The molecular weight excluding hydrogens is 414 g/mol. The molecule has 1 atom stereocenters. The van der Waals surface area contributed by atoms with Crippen LogP contribution in [0, 0.1) is 10.1 Å². The van der Waals surface area contributed by atoms with Gasteiger partial charge in [-0.25, -0.2) is 0 Å². The van der Waals surface area contributed by atoms with Crippen molar-refractivity contribution in [2.45, 2.75) is 25.9 Å². The molecule has 27 heavy (non-hydrogen) atoms. The maximum Gasteiger partial charge on any atom is 0.273 e. The largest absolute Gasteiger partial charge is 0.357 e. The van der Waals surface area contributed by atoms with Gasteiger partial charge in [-0.05, 0) is 24.6 Å². The van der Waals surface area contributed by atoms with Crippen molar-refractivity contribution >= 4 is 33.4 Å². The van der Waals surface area contributed by atoms with E-state index in [1.807, 2.05) is 24.3 Å². The highest BCUT2D eigenvalue weighted by Crippen LogP contribution is 2.20. The highest BCUT2D eigenvalue weighted by atomic mass is 79.9. The van der Waals surface area contributed by atoms with Crippen molar-refractivity contribution < 1.29 is 14.5 Å². The molecule has 0 spiro atoms. The van der Waals surface area contributed by atoms with Gasteiger partial charge in [-0.1, -0.05) is 46.3 Å². The zero-order valence-corrected chi connectivity index (χ0v) is 16.6. The topological polar surface area (TPSA) is 92.6 Å². The van der Waals surface area contributed by atoms with Crippen LogP contribution in [0.4, 0.5) is 5.69 Å². The van der Waals surface area contributed by atoms with Crippen molar-refractivity contribution in [2.24, 2.45) is 0 Å². The average Bonchev–Trinajstić information content (AvgIpc) is 2.66. The predicted octanol–water partition coefficient (Wildman–Crippen LogP) is 3.06. The van der Waals surface area contributed by atoms with Crippen LogP contribution in [0.15, 0.2) is 53.0 Å². The van der Waals surface area contributed by atoms with Crippen LogP contribution in [0.2, 0.25) is 0 Å². The summed E-state index contributed by atoms with van der Waals surface area (Å²) in [5, 5.41) is 13.7. The molecule has 8 heteroatoms. The lowest BCUT2D eigenvalue weighted by Crippen LogP contribution is -2.47. The number of nitrogens with one attached hydrogen (secondary N) is 1. The molecule has 2 amide bonds. The highest BCUT2D eigenvalue weighted by molar-refractivity contribution is 9.10. The lowest BCUT2D eigenvalue weighted by Gasteiger charge is -2.28. The first kappa shape index (κ1) is 20.6. The molecular formula is C19H20BrN3O4. The van der Waals surface area contributed by atoms with Crippen LogP contribution in [0.25, 0.3) is 0 Å². The molecule has 0 aliphatic carbocycles. The number of likely N-dealkylation sites (N-methyl/N-ethyl adjacent to an activating group) is 1. The standard InChI is InChI=1S/C19H20BrN3O4/c1-13(19(25)21-2)22(12-14-7-9-16(20)10-8-14)18(24)11-15-5-3-4-6-17(15)23(26)27/h3-10,13H,11-12H2,1-2H3,(H,21,25). The number of para-hydroxylation sites is 1. The lowest BCUT2D eigenvalue weighted by atomic mass is 10.1. The lowest BCUT2D eigenvalue weighted by molar-refractivity contribution is -0.385. The Morgan fingerprint density at radius 3 is 2.41 bits per heavy atom. The minimum Gasteiger partial charge on any atom is -0.357 e. The molecule has 2 aromatic rings. The van der Waals surface area contributed by atoms with Gasteiger partial charge in [-0.15, -0.1) is 0 Å². The summed E-state index contributed by atoms with van der Waals surface area (Å²) < 4.78 is 0.906. The van der Waals surface area contributed by atoms with Gasteiger partial charge in [0.25, 0.3) is 5.69 Å². The molecule has 0 aliphatic heterocycles. The second kappa shape index (κ2) is 9.27. The first-order chi connectivity index (χ1) is 12.8. The smallest absolute Gasteiger partial charge is 0.273 e. The van der Waals surface area contributed by atoms with Crippen LogP contribution in [-0.2, 0) is 22.6 Å². The fourth-order valence-corrected chi connectivity index (χ4v) is 2.95. The molecule has 0 aromatic heterocycles. The Morgan fingerprint density at radius 1 is 1.19 bits per heavy atom. The molecule has 1 unspecified atom stereocenters. The summed E-state index contributed by atoms with van der Waals surface area (Å²) in [7, 11) is 1.50. The molecule has 0 radical (unpaired) electrons. The quantitative estimate of drug-likeness (QED) is 0.536. The van der Waals surface area contributed by atoms with E-state index in [1.54, 1.807) is 25.1 Å². The Bertz CT molecular complexity index is 839. The van der Waals surface area contributed by atoms with Gasteiger partial charge in [0.1, 0.15) is 6.04 Å². The normalized spacial score (nSPS) is 11.5. The van der Waals surface area contributed by atoms with Crippen molar-refractivity contribution in [3.05, 3.63) is 74.2 Å². The Morgan fingerprint density at radius 2 is 1.81 bits per heavy atom. The Balaban J connectivity index is 2.29. The SMILES string of the molecule is CNC(=O)C(C)N(Cc1ccc(Br)cc1)C(=O)Cc1ccccc1[N+](=O)[O-]. The zero-order chi connectivity index (χ0) is 20.0. The van der Waals surface area contributed by atoms with Gasteiger partial charge in [-0.3, -0.25) is 19.7 Å². The zero-order valence-electron chi connectivity index (χ0n) is 15.0. The van der Waals surface area contributed by atoms with Crippen LogP contribution in [0.3, 0.4) is 0 Å². The van der Waals surface area contributed by atoms with Crippen LogP contribution < -0.4 is 5.32 Å². The highest BCUT2D eigenvalue weighted by Gasteiger charge is 2.27. The summed E-state index contributed by atoms with van der Waals surface area (Å²) in [5.41, 5.74) is 1.06. The van der Waals surface area contributed by atoms with Gasteiger partial charge in [0.2, 0.25) is 11.8 Å². The van der Waals surface area contributed by atoms with Crippen LogP contribution in [0.5, 0.6) is 0 Å². The number of nitro groups is 1. The van der Waals surface area contributed by atoms with E-state index in [2.05, 4.69) is 21.2 Å². The number of benzene rings is 2. The summed E-state index contributed by atoms with van der Waals surface area (Å²) >= 11 is 3.36. The first-order valence-electron chi connectivity index (χ1n) is 8.31. The minimum absolute atomic E-state index is 0.109. The van der Waals surface area contributed by atoms with E-state index in [-0.39, 0.29) is 30.5 Å². The third kappa shape index (κ3) is 5.37. The number of nitrogens with zero attached hydrogens (tertiary/aromatic N) is 2. The molecule has 2 rings (SSSR count). The first-order valence-corrected chi connectivity index (χ1v) is 9.10. The Hall–Kier alpha value is -2.74. The van der Waals surface area contributed by atoms with E-state index in [0.717, 1.165) is 10.0 Å². The molecule has 0 fully saturated rings. The van der Waals surface area contributed by atoms with E-state index in [0.29, 0.717) is 5.56 Å². The average molecular weight is 434 g/mol. The van der Waals surface area contributed by atoms with Crippen LogP contribution >= 0.6 is 15.9 Å². The summed E-state index contributed by atoms with van der Waals surface area (Å²) in [6.07, 6.45) is -0.158. The summed E-state index contributed by atoms with van der Waals surface area (Å²) in [5.74, 6) is -0.661. The molecule has 0 aliphatic rings. The second-order valence-electron chi connectivity index (χ2n) is 6.00. The van der Waals surface area contributed by atoms with Gasteiger partial charge in [0.15, 0.2) is 0 Å². The van der Waals surface area contributed by atoms with E-state index >= 15 is 0 Å². The second-order valence-corrected chi connectivity index (χ2v) is 6.92. The predicted molar refractivity (Wildman–Crippen MR) is 105 cm³/mol. The van der Waals surface area contributed by atoms with Gasteiger partial charge in [0.05, 0.1) is 11.3 Å². The number of carbonyl (C=O) groups is 2. The van der Waals surface area contributed by atoms with E-state index in [1.165, 1.54) is 18.0 Å². The maximum absolute atomic E-state index is 12.9. The number of hydrogen-bond acceptors (Lipinski definition) is 4. The van der Waals surface area contributed by atoms with Gasteiger partial charge >= 0.3 is 0 Å². The third-order valence-electron chi connectivity index (χ3n) is 4.21. The molecule has 1 N–H and O–H groups in total. The molecule has 2 aromatic carbocycles. The summed E-state index contributed by atoms with van der Waals surface area (Å²) in [6.45, 7) is 1.86. The summed E-state index contributed by atoms with van der Waals surface area (Å²) in [4.78, 5) is 37.2. The molecule has 0 saturated heterocycles. The van der Waals surface area contributed by atoms with Crippen molar-refractivity contribution in [2.75, 3.05) is 7.05 Å². The van der Waals surface area contributed by atoms with Crippen LogP contribution in [0.1, 0.15) is 18.1 Å². The van der Waals surface area contributed by atoms with Crippen molar-refractivity contribution in [1.82, 2.24) is 10.2 Å². The Labute approximate surface area is 165 Å². The van der Waals surface area contributed by atoms with E-state index in [4.69, 9.17) is 0 Å². The fourth-order valence-electron chi connectivity index (χ4n) is 2.68. The molecule has 142 valence electrons. The van der Waals surface area contributed by atoms with Gasteiger partial charge in [0, 0.05) is 29.7 Å². The number of carbonyl (C=O) groups excluding carboxylic acids is 2. The number of amides is 2. The molecule has 0 bridgehead atoms. The van der Waals surface area contributed by atoms with Crippen molar-refractivity contribution in [3.63, 3.8) is 0 Å². The van der Waals surface area contributed by atoms with Gasteiger partial charge < -0.3 is 10.2 Å². The number of halogens is 1. The number of nitro benzene ring substituents is 1. The Kier molecular flexibility index (Phi) is 7.06. The summed E-state index contributed by atoms with van der Waals surface area (Å²) in [6, 6.07) is 12.8. The number of hydrogen-bond donors (Lipinski definition) is 1. The minimum atomic E-state index is -0.714. The third-order valence-corrected chi connectivity index (χ3v) is 4.74. The molecule has 0 saturated carbocycles. The monoisotopic (exact) mass is 433 g/mol. The van der Waals surface area contributed by atoms with Gasteiger partial charge in [-0.2, -0.15) is 0 Å². The van der Waals surface area contributed by atoms with Crippen molar-refractivity contribution in [3.8, 4) is 0 Å². The number of rotatable bonds is 7. The molecule has 0 heterocycles. The maximum atomic E-state index is 12.9. The van der Waals surface area contributed by atoms with Crippen LogP contribution in [-0.4, -0.2) is 34.7 Å². The molecule has 7 nitrogen and oxygen atoms in total.